The van der Waals surface area contributed by atoms with Gasteiger partial charge in [-0.05, 0) is 30.3 Å². The fraction of sp³-hybridized carbons (Fsp3) is 0.125. The lowest BCUT2D eigenvalue weighted by molar-refractivity contribution is -0.116. The summed E-state index contributed by atoms with van der Waals surface area (Å²) in [6.07, 6.45) is 1.73. The third-order valence-electron chi connectivity index (χ3n) is 3.42. The summed E-state index contributed by atoms with van der Waals surface area (Å²) in [5, 5.41) is 10.4. The van der Waals surface area contributed by atoms with E-state index >= 15 is 0 Å². The molecule has 0 unspecified atom stereocenters. The molecule has 2 aromatic carbocycles. The normalized spacial score (nSPS) is 11.5. The molecule has 0 aliphatic rings. The van der Waals surface area contributed by atoms with Gasteiger partial charge >= 0.3 is 0 Å². The molecular formula is C16H16N4O3S. The van der Waals surface area contributed by atoms with Gasteiger partial charge in [-0.25, -0.2) is 13.1 Å². The van der Waals surface area contributed by atoms with Gasteiger partial charge in [0.25, 0.3) is 0 Å². The zero-order valence-corrected chi connectivity index (χ0v) is 13.5. The van der Waals surface area contributed by atoms with Crippen LogP contribution in [0.15, 0.2) is 59.6 Å². The van der Waals surface area contributed by atoms with E-state index in [9.17, 15) is 13.2 Å². The summed E-state index contributed by atoms with van der Waals surface area (Å²) in [7, 11) is -3.59. The van der Waals surface area contributed by atoms with Crippen LogP contribution in [0.5, 0.6) is 0 Å². The van der Waals surface area contributed by atoms with Crippen LogP contribution in [0.25, 0.3) is 10.9 Å². The smallest absolute Gasteiger partial charge is 0.240 e. The van der Waals surface area contributed by atoms with Crippen molar-refractivity contribution in [2.24, 2.45) is 0 Å². The number of aromatic amines is 1. The molecule has 0 fully saturated rings. The Hall–Kier alpha value is -2.71. The molecule has 1 amide bonds. The molecule has 0 saturated carbocycles. The number of rotatable bonds is 6. The summed E-state index contributed by atoms with van der Waals surface area (Å²) in [5.74, 6) is -0.273. The van der Waals surface area contributed by atoms with E-state index in [0.29, 0.717) is 5.69 Å². The minimum Gasteiger partial charge on any atom is -0.326 e. The molecule has 1 aromatic heterocycles. The van der Waals surface area contributed by atoms with Crippen LogP contribution in [0.1, 0.15) is 6.42 Å². The molecule has 3 N–H and O–H groups in total. The van der Waals surface area contributed by atoms with Crippen molar-refractivity contribution in [1.82, 2.24) is 14.9 Å². The predicted octanol–water partition coefficient (Wildman–Crippen LogP) is 1.87. The summed E-state index contributed by atoms with van der Waals surface area (Å²) in [6.45, 7) is 0.0232. The maximum absolute atomic E-state index is 12.0. The lowest BCUT2D eigenvalue weighted by atomic mass is 10.2. The standard InChI is InChI=1S/C16H16N4O3S/c21-16(19-13-7-6-12-11-17-20-15(12)10-13)8-9-18-24(22,23)14-4-2-1-3-5-14/h1-7,10-11,18H,8-9H2,(H,17,20)(H,19,21). The number of fused-ring (bicyclic) bond motifs is 1. The molecule has 0 atom stereocenters. The van der Waals surface area contributed by atoms with Gasteiger partial charge in [0, 0.05) is 24.0 Å². The third-order valence-corrected chi connectivity index (χ3v) is 4.90. The first-order valence-electron chi connectivity index (χ1n) is 7.32. The molecule has 0 spiro atoms. The van der Waals surface area contributed by atoms with E-state index in [4.69, 9.17) is 0 Å². The van der Waals surface area contributed by atoms with Crippen molar-refractivity contribution in [3.05, 3.63) is 54.7 Å². The van der Waals surface area contributed by atoms with Crippen molar-refractivity contribution in [2.75, 3.05) is 11.9 Å². The van der Waals surface area contributed by atoms with Crippen LogP contribution in [0.2, 0.25) is 0 Å². The largest absolute Gasteiger partial charge is 0.326 e. The SMILES string of the molecule is O=C(CCNS(=O)(=O)c1ccccc1)Nc1ccc2cn[nH]c2c1. The van der Waals surface area contributed by atoms with Gasteiger partial charge in [0.2, 0.25) is 15.9 Å². The number of benzene rings is 2. The van der Waals surface area contributed by atoms with Crippen molar-refractivity contribution < 1.29 is 13.2 Å². The van der Waals surface area contributed by atoms with Gasteiger partial charge in [0.15, 0.2) is 0 Å². The molecule has 3 rings (SSSR count). The number of nitrogens with one attached hydrogen (secondary N) is 3. The van der Waals surface area contributed by atoms with Crippen LogP contribution in [0, 0.1) is 0 Å². The Morgan fingerprint density at radius 1 is 1.12 bits per heavy atom. The number of aromatic nitrogens is 2. The summed E-state index contributed by atoms with van der Waals surface area (Å²) in [5.41, 5.74) is 1.44. The second-order valence-electron chi connectivity index (χ2n) is 5.18. The predicted molar refractivity (Wildman–Crippen MR) is 91.0 cm³/mol. The molecule has 1 heterocycles. The minimum absolute atomic E-state index is 0.0232. The van der Waals surface area contributed by atoms with Gasteiger partial charge < -0.3 is 5.32 Å². The zero-order valence-electron chi connectivity index (χ0n) is 12.7. The first-order valence-corrected chi connectivity index (χ1v) is 8.81. The Balaban J connectivity index is 1.54. The van der Waals surface area contributed by atoms with E-state index in [0.717, 1.165) is 10.9 Å². The fourth-order valence-electron chi connectivity index (χ4n) is 2.22. The van der Waals surface area contributed by atoms with Crippen molar-refractivity contribution in [3.8, 4) is 0 Å². The van der Waals surface area contributed by atoms with Crippen molar-refractivity contribution >= 4 is 32.5 Å². The van der Waals surface area contributed by atoms with Gasteiger partial charge in [0.05, 0.1) is 16.6 Å². The molecule has 24 heavy (non-hydrogen) atoms. The highest BCUT2D eigenvalue weighted by Crippen LogP contribution is 2.16. The maximum Gasteiger partial charge on any atom is 0.240 e. The number of carbonyl (C=O) groups excluding carboxylic acids is 1. The highest BCUT2D eigenvalue weighted by atomic mass is 32.2. The van der Waals surface area contributed by atoms with Crippen LogP contribution in [0.4, 0.5) is 5.69 Å². The van der Waals surface area contributed by atoms with Crippen molar-refractivity contribution in [1.29, 1.82) is 0 Å². The topological polar surface area (TPSA) is 104 Å². The molecule has 0 aliphatic carbocycles. The van der Waals surface area contributed by atoms with Crippen LogP contribution >= 0.6 is 0 Å². The lowest BCUT2D eigenvalue weighted by Gasteiger charge is -2.07. The van der Waals surface area contributed by atoms with Gasteiger partial charge in [0.1, 0.15) is 0 Å². The molecule has 3 aromatic rings. The van der Waals surface area contributed by atoms with E-state index in [1.807, 2.05) is 6.07 Å². The summed E-state index contributed by atoms with van der Waals surface area (Å²) >= 11 is 0. The Bertz CT molecular complexity index is 952. The number of hydrogen-bond donors (Lipinski definition) is 3. The number of H-pyrrole nitrogens is 1. The number of carbonyl (C=O) groups is 1. The Morgan fingerprint density at radius 3 is 2.71 bits per heavy atom. The monoisotopic (exact) mass is 344 g/mol. The van der Waals surface area contributed by atoms with E-state index in [2.05, 4.69) is 20.2 Å². The number of nitrogens with zero attached hydrogens (tertiary/aromatic N) is 1. The highest BCUT2D eigenvalue weighted by Gasteiger charge is 2.13. The highest BCUT2D eigenvalue weighted by molar-refractivity contribution is 7.89. The van der Waals surface area contributed by atoms with E-state index < -0.39 is 10.0 Å². The van der Waals surface area contributed by atoms with Gasteiger partial charge in [-0.2, -0.15) is 5.10 Å². The average Bonchev–Trinajstić information content (AvgIpc) is 3.03. The third kappa shape index (κ3) is 3.79. The fourth-order valence-corrected chi connectivity index (χ4v) is 3.27. The molecular weight excluding hydrogens is 328 g/mol. The average molecular weight is 344 g/mol. The lowest BCUT2D eigenvalue weighted by Crippen LogP contribution is -2.27. The van der Waals surface area contributed by atoms with Crippen LogP contribution in [0.3, 0.4) is 0 Å². The zero-order chi connectivity index (χ0) is 17.0. The Kier molecular flexibility index (Phi) is 4.59. The second kappa shape index (κ2) is 6.81. The van der Waals surface area contributed by atoms with Gasteiger partial charge in [-0.1, -0.05) is 18.2 Å². The maximum atomic E-state index is 12.0. The molecule has 7 nitrogen and oxygen atoms in total. The molecule has 0 saturated heterocycles. The van der Waals surface area contributed by atoms with Crippen LogP contribution < -0.4 is 10.0 Å². The number of anilines is 1. The van der Waals surface area contributed by atoms with E-state index in [1.54, 1.807) is 36.5 Å². The molecule has 0 aliphatic heterocycles. The number of amides is 1. The second-order valence-corrected chi connectivity index (χ2v) is 6.95. The van der Waals surface area contributed by atoms with E-state index in [1.165, 1.54) is 12.1 Å². The van der Waals surface area contributed by atoms with Crippen LogP contribution in [-0.4, -0.2) is 31.1 Å². The Morgan fingerprint density at radius 2 is 1.92 bits per heavy atom. The first-order chi connectivity index (χ1) is 11.5. The quantitative estimate of drug-likeness (QED) is 0.635. The molecule has 0 radical (unpaired) electrons. The van der Waals surface area contributed by atoms with Gasteiger partial charge in [-0.3, -0.25) is 9.89 Å². The van der Waals surface area contributed by atoms with Crippen molar-refractivity contribution in [3.63, 3.8) is 0 Å². The van der Waals surface area contributed by atoms with Crippen LogP contribution in [-0.2, 0) is 14.8 Å². The van der Waals surface area contributed by atoms with E-state index in [-0.39, 0.29) is 23.8 Å². The summed E-state index contributed by atoms with van der Waals surface area (Å²) < 4.78 is 26.5. The summed E-state index contributed by atoms with van der Waals surface area (Å²) in [4.78, 5) is 12.1. The van der Waals surface area contributed by atoms with Gasteiger partial charge in [-0.15, -0.1) is 0 Å². The molecule has 8 heteroatoms. The van der Waals surface area contributed by atoms with Crippen molar-refractivity contribution in [2.45, 2.75) is 11.3 Å². The number of sulfonamides is 1. The molecule has 0 bridgehead atoms. The minimum atomic E-state index is -3.59. The Labute approximate surface area is 139 Å². The molecule has 124 valence electrons. The first kappa shape index (κ1) is 16.2. The number of hydrogen-bond acceptors (Lipinski definition) is 4. The summed E-state index contributed by atoms with van der Waals surface area (Å²) in [6, 6.07) is 13.4.